The van der Waals surface area contributed by atoms with Gasteiger partial charge >= 0.3 is 0 Å². The van der Waals surface area contributed by atoms with Gasteiger partial charge in [-0.15, -0.1) is 11.6 Å². The normalized spacial score (nSPS) is 10.5. The molecule has 0 spiro atoms. The highest BCUT2D eigenvalue weighted by atomic mass is 35.5. The van der Waals surface area contributed by atoms with E-state index in [0.717, 1.165) is 17.8 Å². The molecular formula is C15H14ClN5. The van der Waals surface area contributed by atoms with Crippen molar-refractivity contribution in [2.24, 2.45) is 0 Å². The number of benzene rings is 2. The molecule has 1 heterocycles. The van der Waals surface area contributed by atoms with Gasteiger partial charge in [0.25, 0.3) is 5.95 Å². The van der Waals surface area contributed by atoms with Gasteiger partial charge in [-0.3, -0.25) is 0 Å². The van der Waals surface area contributed by atoms with Crippen molar-refractivity contribution in [3.63, 3.8) is 0 Å². The van der Waals surface area contributed by atoms with Crippen LogP contribution in [0.15, 0.2) is 54.6 Å². The molecule has 3 aromatic rings. The lowest BCUT2D eigenvalue weighted by molar-refractivity contribution is 0.791. The molecule has 3 rings (SSSR count). The number of tetrazole rings is 1. The number of aryl methyl sites for hydroxylation is 1. The Balaban J connectivity index is 1.81. The first-order valence-electron chi connectivity index (χ1n) is 6.62. The summed E-state index contributed by atoms with van der Waals surface area (Å²) in [4.78, 5) is 0. The van der Waals surface area contributed by atoms with Gasteiger partial charge in [-0.1, -0.05) is 35.4 Å². The molecule has 0 saturated carbocycles. The third-order valence-electron chi connectivity index (χ3n) is 3.06. The van der Waals surface area contributed by atoms with Gasteiger partial charge in [-0.2, -0.15) is 4.68 Å². The van der Waals surface area contributed by atoms with Crippen LogP contribution in [0.2, 0.25) is 0 Å². The Labute approximate surface area is 127 Å². The number of hydrogen-bond acceptors (Lipinski definition) is 4. The summed E-state index contributed by atoms with van der Waals surface area (Å²) in [6.07, 6.45) is 0.865. The zero-order chi connectivity index (χ0) is 14.5. The molecule has 106 valence electrons. The summed E-state index contributed by atoms with van der Waals surface area (Å²) in [7, 11) is 0. The summed E-state index contributed by atoms with van der Waals surface area (Å²) in [6, 6.07) is 17.8. The first-order chi connectivity index (χ1) is 10.4. The van der Waals surface area contributed by atoms with E-state index in [9.17, 15) is 0 Å². The van der Waals surface area contributed by atoms with Crippen LogP contribution in [0.3, 0.4) is 0 Å². The summed E-state index contributed by atoms with van der Waals surface area (Å²) >= 11 is 5.73. The minimum absolute atomic E-state index is 0.575. The number of nitrogens with zero attached hydrogens (tertiary/aromatic N) is 4. The predicted molar refractivity (Wildman–Crippen MR) is 83.3 cm³/mol. The van der Waals surface area contributed by atoms with Gasteiger partial charge in [0.15, 0.2) is 0 Å². The predicted octanol–water partition coefficient (Wildman–Crippen LogP) is 3.19. The number of aromatic nitrogens is 4. The van der Waals surface area contributed by atoms with Gasteiger partial charge in [0.05, 0.1) is 5.69 Å². The molecule has 21 heavy (non-hydrogen) atoms. The molecule has 0 saturated heterocycles. The van der Waals surface area contributed by atoms with E-state index in [4.69, 9.17) is 11.6 Å². The highest BCUT2D eigenvalue weighted by molar-refractivity contribution is 6.17. The van der Waals surface area contributed by atoms with Crippen molar-refractivity contribution in [2.75, 3.05) is 11.2 Å². The molecule has 1 aromatic heterocycles. The van der Waals surface area contributed by atoms with Crippen molar-refractivity contribution in [3.8, 4) is 5.69 Å². The zero-order valence-corrected chi connectivity index (χ0v) is 12.0. The molecule has 0 atom stereocenters. The molecule has 6 heteroatoms. The first kappa shape index (κ1) is 13.6. The molecule has 0 unspecified atom stereocenters. The van der Waals surface area contributed by atoms with Gasteiger partial charge in [0.2, 0.25) is 0 Å². The van der Waals surface area contributed by atoms with Crippen molar-refractivity contribution >= 4 is 23.2 Å². The Bertz CT molecular complexity index is 694. The van der Waals surface area contributed by atoms with Crippen LogP contribution >= 0.6 is 11.6 Å². The number of alkyl halides is 1. The number of rotatable bonds is 5. The van der Waals surface area contributed by atoms with Gasteiger partial charge in [0.1, 0.15) is 0 Å². The molecule has 5 nitrogen and oxygen atoms in total. The average Bonchev–Trinajstić information content (AvgIpc) is 2.98. The van der Waals surface area contributed by atoms with Crippen LogP contribution in [0, 0.1) is 0 Å². The molecule has 0 bridgehead atoms. The summed E-state index contributed by atoms with van der Waals surface area (Å²) in [6.45, 7) is 0. The lowest BCUT2D eigenvalue weighted by Crippen LogP contribution is -2.03. The van der Waals surface area contributed by atoms with Gasteiger partial charge < -0.3 is 5.32 Å². The molecule has 2 aromatic carbocycles. The van der Waals surface area contributed by atoms with E-state index in [0.29, 0.717) is 11.8 Å². The Hall–Kier alpha value is -2.40. The zero-order valence-electron chi connectivity index (χ0n) is 11.3. The maximum atomic E-state index is 5.73. The van der Waals surface area contributed by atoms with E-state index in [-0.39, 0.29) is 0 Å². The number of nitrogens with one attached hydrogen (secondary N) is 1. The minimum Gasteiger partial charge on any atom is -0.323 e. The summed E-state index contributed by atoms with van der Waals surface area (Å²) in [5.74, 6) is 1.20. The highest BCUT2D eigenvalue weighted by Gasteiger charge is 2.07. The van der Waals surface area contributed by atoms with Crippen molar-refractivity contribution in [1.29, 1.82) is 0 Å². The summed E-state index contributed by atoms with van der Waals surface area (Å²) in [5.41, 5.74) is 3.04. The fraction of sp³-hybridized carbons (Fsp3) is 0.133. The van der Waals surface area contributed by atoms with E-state index in [2.05, 4.69) is 20.8 Å². The Morgan fingerprint density at radius 3 is 2.48 bits per heavy atom. The standard InChI is InChI=1S/C15H14ClN5/c16-11-10-12-6-8-13(9-7-12)17-15-18-19-20-21(15)14-4-2-1-3-5-14/h1-9H,10-11H2,(H,17,18,20). The SMILES string of the molecule is ClCCc1ccc(Nc2nnnn2-c2ccccc2)cc1. The van der Waals surface area contributed by atoms with Gasteiger partial charge in [-0.25, -0.2) is 0 Å². The monoisotopic (exact) mass is 299 g/mol. The van der Waals surface area contributed by atoms with Crippen LogP contribution in [0.4, 0.5) is 11.6 Å². The Kier molecular flexibility index (Phi) is 4.12. The molecule has 0 aliphatic rings. The molecule has 0 aliphatic carbocycles. The highest BCUT2D eigenvalue weighted by Crippen LogP contribution is 2.17. The minimum atomic E-state index is 0.575. The fourth-order valence-corrected chi connectivity index (χ4v) is 2.22. The summed E-state index contributed by atoms with van der Waals surface area (Å²) in [5, 5.41) is 15.0. The maximum absolute atomic E-state index is 5.73. The number of para-hydroxylation sites is 1. The second-order valence-electron chi connectivity index (χ2n) is 4.51. The van der Waals surface area contributed by atoms with E-state index in [1.165, 1.54) is 5.56 Å². The van der Waals surface area contributed by atoms with Crippen LogP contribution < -0.4 is 5.32 Å². The Morgan fingerprint density at radius 1 is 1.00 bits per heavy atom. The second-order valence-corrected chi connectivity index (χ2v) is 4.89. The van der Waals surface area contributed by atoms with E-state index in [1.807, 2.05) is 54.6 Å². The van der Waals surface area contributed by atoms with Crippen LogP contribution in [-0.2, 0) is 6.42 Å². The molecule has 0 fully saturated rings. The van der Waals surface area contributed by atoms with Crippen molar-refractivity contribution in [1.82, 2.24) is 20.2 Å². The molecule has 0 aliphatic heterocycles. The van der Waals surface area contributed by atoms with Crippen molar-refractivity contribution in [3.05, 3.63) is 60.2 Å². The van der Waals surface area contributed by atoms with Crippen LogP contribution in [0.5, 0.6) is 0 Å². The largest absolute Gasteiger partial charge is 0.323 e. The fourth-order valence-electron chi connectivity index (χ4n) is 2.00. The molecule has 1 N–H and O–H groups in total. The van der Waals surface area contributed by atoms with E-state index < -0.39 is 0 Å². The molecule has 0 amide bonds. The first-order valence-corrected chi connectivity index (χ1v) is 7.16. The number of halogens is 1. The molecular weight excluding hydrogens is 286 g/mol. The number of hydrogen-bond donors (Lipinski definition) is 1. The van der Waals surface area contributed by atoms with Crippen molar-refractivity contribution < 1.29 is 0 Å². The average molecular weight is 300 g/mol. The maximum Gasteiger partial charge on any atom is 0.252 e. The lowest BCUT2D eigenvalue weighted by atomic mass is 10.1. The summed E-state index contributed by atoms with van der Waals surface area (Å²) < 4.78 is 1.66. The third kappa shape index (κ3) is 3.20. The van der Waals surface area contributed by atoms with Gasteiger partial charge in [-0.05, 0) is 46.7 Å². The van der Waals surface area contributed by atoms with Crippen molar-refractivity contribution in [2.45, 2.75) is 6.42 Å². The second kappa shape index (κ2) is 6.37. The van der Waals surface area contributed by atoms with Crippen LogP contribution in [-0.4, -0.2) is 26.1 Å². The topological polar surface area (TPSA) is 55.6 Å². The third-order valence-corrected chi connectivity index (χ3v) is 3.25. The Morgan fingerprint density at radius 2 is 1.76 bits per heavy atom. The van der Waals surface area contributed by atoms with E-state index in [1.54, 1.807) is 4.68 Å². The lowest BCUT2D eigenvalue weighted by Gasteiger charge is -2.07. The molecule has 0 radical (unpaired) electrons. The smallest absolute Gasteiger partial charge is 0.252 e. The number of anilines is 2. The quantitative estimate of drug-likeness (QED) is 0.735. The van der Waals surface area contributed by atoms with E-state index >= 15 is 0 Å². The van der Waals surface area contributed by atoms with Crippen LogP contribution in [0.1, 0.15) is 5.56 Å². The van der Waals surface area contributed by atoms with Gasteiger partial charge in [0, 0.05) is 11.6 Å². The van der Waals surface area contributed by atoms with Crippen LogP contribution in [0.25, 0.3) is 5.69 Å².